The van der Waals surface area contributed by atoms with Crippen molar-refractivity contribution in [2.45, 2.75) is 45.2 Å². The predicted molar refractivity (Wildman–Crippen MR) is 73.4 cm³/mol. The SMILES string of the molecule is CCC(NCC1CCC(=O)N1)c1ccc(C)cc1. The lowest BCUT2D eigenvalue weighted by Crippen LogP contribution is -2.37. The lowest BCUT2D eigenvalue weighted by atomic mass is 10.0. The molecule has 18 heavy (non-hydrogen) atoms. The van der Waals surface area contributed by atoms with Crippen molar-refractivity contribution in [2.24, 2.45) is 0 Å². The van der Waals surface area contributed by atoms with Crippen LogP contribution in [0.3, 0.4) is 0 Å². The van der Waals surface area contributed by atoms with Gasteiger partial charge in [-0.3, -0.25) is 4.79 Å². The highest BCUT2D eigenvalue weighted by Gasteiger charge is 2.21. The van der Waals surface area contributed by atoms with Crippen LogP contribution >= 0.6 is 0 Å². The number of carbonyl (C=O) groups excluding carboxylic acids is 1. The van der Waals surface area contributed by atoms with Crippen molar-refractivity contribution in [1.82, 2.24) is 10.6 Å². The topological polar surface area (TPSA) is 41.1 Å². The lowest BCUT2D eigenvalue weighted by Gasteiger charge is -2.20. The summed E-state index contributed by atoms with van der Waals surface area (Å²) in [6.07, 6.45) is 2.69. The van der Waals surface area contributed by atoms with Crippen molar-refractivity contribution in [3.05, 3.63) is 35.4 Å². The summed E-state index contributed by atoms with van der Waals surface area (Å²) in [5.41, 5.74) is 2.61. The molecular formula is C15H22N2O. The number of amides is 1. The summed E-state index contributed by atoms with van der Waals surface area (Å²) >= 11 is 0. The molecule has 0 spiro atoms. The Kier molecular flexibility index (Phi) is 4.37. The fourth-order valence-electron chi connectivity index (χ4n) is 2.41. The molecule has 2 atom stereocenters. The first-order valence-corrected chi connectivity index (χ1v) is 6.78. The third-order valence-electron chi connectivity index (χ3n) is 3.58. The maximum atomic E-state index is 11.1. The number of hydrogen-bond donors (Lipinski definition) is 2. The Bertz CT molecular complexity index is 399. The molecule has 0 saturated carbocycles. The molecule has 2 unspecified atom stereocenters. The summed E-state index contributed by atoms with van der Waals surface area (Å²) in [5.74, 6) is 0.185. The summed E-state index contributed by atoms with van der Waals surface area (Å²) in [5, 5.41) is 6.55. The van der Waals surface area contributed by atoms with E-state index >= 15 is 0 Å². The molecule has 0 bridgehead atoms. The van der Waals surface area contributed by atoms with E-state index < -0.39 is 0 Å². The minimum absolute atomic E-state index is 0.185. The maximum absolute atomic E-state index is 11.1. The van der Waals surface area contributed by atoms with Crippen LogP contribution in [0.5, 0.6) is 0 Å². The zero-order valence-electron chi connectivity index (χ0n) is 11.2. The fraction of sp³-hybridized carbons (Fsp3) is 0.533. The van der Waals surface area contributed by atoms with Gasteiger partial charge in [-0.2, -0.15) is 0 Å². The van der Waals surface area contributed by atoms with Gasteiger partial charge >= 0.3 is 0 Å². The van der Waals surface area contributed by atoms with Crippen molar-refractivity contribution < 1.29 is 4.79 Å². The van der Waals surface area contributed by atoms with Crippen LogP contribution in [0.4, 0.5) is 0 Å². The molecule has 1 saturated heterocycles. The number of hydrogen-bond acceptors (Lipinski definition) is 2. The van der Waals surface area contributed by atoms with E-state index in [0.717, 1.165) is 19.4 Å². The third kappa shape index (κ3) is 3.33. The van der Waals surface area contributed by atoms with E-state index in [1.54, 1.807) is 0 Å². The summed E-state index contributed by atoms with van der Waals surface area (Å²) in [4.78, 5) is 11.1. The van der Waals surface area contributed by atoms with Crippen LogP contribution < -0.4 is 10.6 Å². The highest BCUT2D eigenvalue weighted by atomic mass is 16.1. The second-order valence-electron chi connectivity index (χ2n) is 5.08. The lowest BCUT2D eigenvalue weighted by molar-refractivity contribution is -0.119. The smallest absolute Gasteiger partial charge is 0.220 e. The number of aryl methyl sites for hydroxylation is 1. The van der Waals surface area contributed by atoms with Crippen molar-refractivity contribution >= 4 is 5.91 Å². The van der Waals surface area contributed by atoms with E-state index in [0.29, 0.717) is 18.5 Å². The molecule has 1 aliphatic heterocycles. The fourth-order valence-corrected chi connectivity index (χ4v) is 2.41. The van der Waals surface area contributed by atoms with Crippen molar-refractivity contribution in [1.29, 1.82) is 0 Å². The van der Waals surface area contributed by atoms with E-state index in [-0.39, 0.29) is 5.91 Å². The minimum atomic E-state index is 0.185. The maximum Gasteiger partial charge on any atom is 0.220 e. The van der Waals surface area contributed by atoms with Crippen molar-refractivity contribution in [2.75, 3.05) is 6.54 Å². The first-order chi connectivity index (χ1) is 8.69. The first kappa shape index (κ1) is 13.1. The van der Waals surface area contributed by atoms with Gasteiger partial charge in [-0.25, -0.2) is 0 Å². The Morgan fingerprint density at radius 2 is 2.11 bits per heavy atom. The van der Waals surface area contributed by atoms with Gasteiger partial charge in [0.15, 0.2) is 0 Å². The van der Waals surface area contributed by atoms with Crippen molar-refractivity contribution in [3.63, 3.8) is 0 Å². The van der Waals surface area contributed by atoms with Gasteiger partial charge in [0.05, 0.1) is 0 Å². The average molecular weight is 246 g/mol. The van der Waals surface area contributed by atoms with E-state index in [9.17, 15) is 4.79 Å². The summed E-state index contributed by atoms with van der Waals surface area (Å²) in [7, 11) is 0. The molecule has 1 aromatic carbocycles. The average Bonchev–Trinajstić information content (AvgIpc) is 2.78. The molecule has 1 amide bonds. The zero-order chi connectivity index (χ0) is 13.0. The van der Waals surface area contributed by atoms with Gasteiger partial charge in [0.25, 0.3) is 0 Å². The Morgan fingerprint density at radius 3 is 2.67 bits per heavy atom. The molecule has 98 valence electrons. The third-order valence-corrected chi connectivity index (χ3v) is 3.58. The van der Waals surface area contributed by atoms with Gasteiger partial charge in [-0.15, -0.1) is 0 Å². The van der Waals surface area contributed by atoms with Crippen LogP contribution in [-0.2, 0) is 4.79 Å². The molecule has 0 aromatic heterocycles. The minimum Gasteiger partial charge on any atom is -0.352 e. The number of benzene rings is 1. The Hall–Kier alpha value is -1.35. The van der Waals surface area contributed by atoms with E-state index in [2.05, 4.69) is 48.7 Å². The summed E-state index contributed by atoms with van der Waals surface area (Å²) in [6, 6.07) is 9.35. The summed E-state index contributed by atoms with van der Waals surface area (Å²) < 4.78 is 0. The largest absolute Gasteiger partial charge is 0.352 e. The standard InChI is InChI=1S/C15H22N2O/c1-3-14(12-6-4-11(2)5-7-12)16-10-13-8-9-15(18)17-13/h4-7,13-14,16H,3,8-10H2,1-2H3,(H,17,18). The number of rotatable bonds is 5. The predicted octanol–water partition coefficient (Wildman–Crippen LogP) is 2.31. The van der Waals surface area contributed by atoms with Crippen molar-refractivity contribution in [3.8, 4) is 0 Å². The van der Waals surface area contributed by atoms with E-state index in [4.69, 9.17) is 0 Å². The Morgan fingerprint density at radius 1 is 1.39 bits per heavy atom. The van der Waals surface area contributed by atoms with Crippen LogP contribution in [0.15, 0.2) is 24.3 Å². The van der Waals surface area contributed by atoms with Gasteiger partial charge < -0.3 is 10.6 Å². The van der Waals surface area contributed by atoms with E-state index in [1.807, 2.05) is 0 Å². The van der Waals surface area contributed by atoms with Gasteiger partial charge in [0, 0.05) is 25.0 Å². The van der Waals surface area contributed by atoms with Crippen LogP contribution in [0.1, 0.15) is 43.4 Å². The molecule has 1 aromatic rings. The molecule has 1 aliphatic rings. The Balaban J connectivity index is 1.89. The molecule has 3 heteroatoms. The molecule has 3 nitrogen and oxygen atoms in total. The second kappa shape index (κ2) is 6.01. The number of carbonyl (C=O) groups is 1. The molecule has 2 rings (SSSR count). The van der Waals surface area contributed by atoms with Crippen LogP contribution in [0.25, 0.3) is 0 Å². The molecule has 0 aliphatic carbocycles. The summed E-state index contributed by atoms with van der Waals surface area (Å²) in [6.45, 7) is 5.15. The van der Waals surface area contributed by atoms with Crippen LogP contribution in [-0.4, -0.2) is 18.5 Å². The van der Waals surface area contributed by atoms with Gasteiger partial charge in [-0.1, -0.05) is 36.8 Å². The second-order valence-corrected chi connectivity index (χ2v) is 5.08. The molecule has 2 N–H and O–H groups in total. The number of nitrogens with one attached hydrogen (secondary N) is 2. The van der Waals surface area contributed by atoms with Crippen LogP contribution in [0.2, 0.25) is 0 Å². The Labute approximate surface area is 109 Å². The molecule has 0 radical (unpaired) electrons. The molecule has 1 fully saturated rings. The normalized spacial score (nSPS) is 20.8. The highest BCUT2D eigenvalue weighted by molar-refractivity contribution is 5.78. The van der Waals surface area contributed by atoms with E-state index in [1.165, 1.54) is 11.1 Å². The highest BCUT2D eigenvalue weighted by Crippen LogP contribution is 2.17. The first-order valence-electron chi connectivity index (χ1n) is 6.78. The monoisotopic (exact) mass is 246 g/mol. The molecular weight excluding hydrogens is 224 g/mol. The van der Waals surface area contributed by atoms with Gasteiger partial charge in [-0.05, 0) is 25.3 Å². The van der Waals surface area contributed by atoms with Gasteiger partial charge in [0.2, 0.25) is 5.91 Å². The van der Waals surface area contributed by atoms with Crippen LogP contribution in [0, 0.1) is 6.92 Å². The molecule has 1 heterocycles. The van der Waals surface area contributed by atoms with Gasteiger partial charge in [0.1, 0.15) is 0 Å². The quantitative estimate of drug-likeness (QED) is 0.837. The zero-order valence-corrected chi connectivity index (χ0v) is 11.2.